The zero-order chi connectivity index (χ0) is 51.5. The van der Waals surface area contributed by atoms with Crippen LogP contribution in [0.2, 0.25) is 0 Å². The lowest BCUT2D eigenvalue weighted by atomic mass is 9.97. The number of urea groups is 1. The SMILES string of the molecule is CCN(CCCS(=O)(=O)NC(=O)Nc1c(-c2ccncc2)cc(F)c2c1CCC2)Cc1ccccc1.CCN(CCCS(N)(=O)=O)Cc1ccccc1.O=C=Nc1c(-c2ccncc2)cc(F)c2c1CCC2. The van der Waals surface area contributed by atoms with Gasteiger partial charge in [0.1, 0.15) is 11.6 Å². The lowest BCUT2D eigenvalue weighted by Crippen LogP contribution is -2.37. The second-order valence-electron chi connectivity index (χ2n) is 17.5. The monoisotopic (exact) mass is 1020 g/mol. The van der Waals surface area contributed by atoms with Crippen LogP contribution >= 0.6 is 0 Å². The summed E-state index contributed by atoms with van der Waals surface area (Å²) in [6.45, 7) is 8.72. The highest BCUT2D eigenvalue weighted by Crippen LogP contribution is 2.41. The number of fused-ring (bicyclic) bond motifs is 2. The number of nitrogens with two attached hydrogens (primary N) is 1. The Morgan fingerprint density at radius 3 is 1.62 bits per heavy atom. The van der Waals surface area contributed by atoms with Crippen molar-refractivity contribution >= 4 is 43.5 Å². The Kier molecular flexibility index (Phi) is 20.4. The van der Waals surface area contributed by atoms with Crippen molar-refractivity contribution in [2.45, 2.75) is 78.3 Å². The molecule has 0 fully saturated rings. The number of anilines is 1. The fraction of sp³-hybridized carbons (Fsp3) is 0.333. The molecule has 380 valence electrons. The minimum atomic E-state index is -3.85. The molecule has 18 heteroatoms. The van der Waals surface area contributed by atoms with Crippen LogP contribution < -0.4 is 15.2 Å². The Bertz CT molecular complexity index is 3010. The molecule has 0 radical (unpaired) electrons. The molecule has 2 aliphatic rings. The summed E-state index contributed by atoms with van der Waals surface area (Å²) in [5.41, 5.74) is 8.85. The van der Waals surface area contributed by atoms with Crippen molar-refractivity contribution in [2.24, 2.45) is 10.1 Å². The Morgan fingerprint density at radius 2 is 1.12 bits per heavy atom. The van der Waals surface area contributed by atoms with Gasteiger partial charge in [-0.15, -0.1) is 0 Å². The molecule has 2 aromatic heterocycles. The van der Waals surface area contributed by atoms with Gasteiger partial charge in [-0.25, -0.2) is 45.1 Å². The number of halogens is 2. The molecule has 4 N–H and O–H groups in total. The fourth-order valence-electron chi connectivity index (χ4n) is 8.95. The van der Waals surface area contributed by atoms with Crippen molar-refractivity contribution in [1.29, 1.82) is 0 Å². The number of aromatic nitrogens is 2. The third-order valence-corrected chi connectivity index (χ3v) is 14.7. The van der Waals surface area contributed by atoms with Gasteiger partial charge in [0.15, 0.2) is 0 Å². The molecule has 0 unspecified atom stereocenters. The summed E-state index contributed by atoms with van der Waals surface area (Å²) in [5, 5.41) is 7.68. The first-order valence-corrected chi connectivity index (χ1v) is 27.5. The molecular formula is C54H62F2N8O6S2. The zero-order valence-corrected chi connectivity index (χ0v) is 42.3. The smallest absolute Gasteiger partial charge is 0.306 e. The number of benzene rings is 4. The number of pyridine rings is 2. The molecule has 0 saturated heterocycles. The summed E-state index contributed by atoms with van der Waals surface area (Å²) in [5.74, 6) is -0.657. The van der Waals surface area contributed by atoms with Crippen molar-refractivity contribution in [3.05, 3.63) is 167 Å². The molecule has 0 bridgehead atoms. The summed E-state index contributed by atoms with van der Waals surface area (Å²) in [7, 11) is -7.18. The number of rotatable bonds is 19. The molecular weight excluding hydrogens is 959 g/mol. The van der Waals surface area contributed by atoms with Gasteiger partial charge < -0.3 is 5.32 Å². The summed E-state index contributed by atoms with van der Waals surface area (Å²) >= 11 is 0. The molecule has 8 rings (SSSR count). The van der Waals surface area contributed by atoms with E-state index in [-0.39, 0.29) is 23.1 Å². The molecule has 4 aromatic carbocycles. The summed E-state index contributed by atoms with van der Waals surface area (Å²) in [6, 6.07) is 29.2. The first kappa shape index (κ1) is 54.8. The van der Waals surface area contributed by atoms with E-state index >= 15 is 0 Å². The Labute approximate surface area is 421 Å². The number of carbonyl (C=O) groups excluding carboxylic acids is 2. The maximum atomic E-state index is 14.8. The van der Waals surface area contributed by atoms with E-state index in [0.29, 0.717) is 83.4 Å². The molecule has 14 nitrogen and oxygen atoms in total. The Balaban J connectivity index is 0.000000197. The number of isocyanates is 1. The number of hydrogen-bond donors (Lipinski definition) is 3. The van der Waals surface area contributed by atoms with E-state index in [1.165, 1.54) is 17.7 Å². The maximum absolute atomic E-state index is 14.8. The van der Waals surface area contributed by atoms with Crippen molar-refractivity contribution in [3.63, 3.8) is 0 Å². The van der Waals surface area contributed by atoms with Crippen molar-refractivity contribution in [3.8, 4) is 22.3 Å². The highest BCUT2D eigenvalue weighted by atomic mass is 32.2. The predicted octanol–water partition coefficient (Wildman–Crippen LogP) is 9.27. The van der Waals surface area contributed by atoms with Gasteiger partial charge in [-0.1, -0.05) is 74.5 Å². The maximum Gasteiger partial charge on any atom is 0.332 e. The van der Waals surface area contributed by atoms with Crippen LogP contribution in [0.25, 0.3) is 22.3 Å². The second kappa shape index (κ2) is 26.8. The van der Waals surface area contributed by atoms with Crippen molar-refractivity contribution in [1.82, 2.24) is 24.5 Å². The average Bonchev–Trinajstić information content (AvgIpc) is 4.09. The van der Waals surface area contributed by atoms with Crippen LogP contribution in [0, 0.1) is 11.6 Å². The van der Waals surface area contributed by atoms with Gasteiger partial charge in [-0.05, 0) is 158 Å². The minimum absolute atomic E-state index is 0.0539. The number of sulfonamides is 2. The fourth-order valence-corrected chi connectivity index (χ4v) is 10.4. The van der Waals surface area contributed by atoms with Crippen LogP contribution in [-0.2, 0) is 63.6 Å². The number of hydrogen-bond acceptors (Lipinski definition) is 11. The van der Waals surface area contributed by atoms with Gasteiger partial charge in [0.25, 0.3) is 0 Å². The van der Waals surface area contributed by atoms with E-state index in [1.54, 1.807) is 55.1 Å². The van der Waals surface area contributed by atoms with Gasteiger partial charge in [0, 0.05) is 49.0 Å². The van der Waals surface area contributed by atoms with Crippen LogP contribution in [0.4, 0.5) is 25.0 Å². The highest BCUT2D eigenvalue weighted by molar-refractivity contribution is 7.90. The number of nitrogens with one attached hydrogen (secondary N) is 2. The van der Waals surface area contributed by atoms with Gasteiger partial charge in [-0.2, -0.15) is 4.99 Å². The van der Waals surface area contributed by atoms with Crippen LogP contribution in [0.5, 0.6) is 0 Å². The van der Waals surface area contributed by atoms with Crippen LogP contribution in [0.3, 0.4) is 0 Å². The topological polar surface area (TPSA) is 197 Å². The number of primary sulfonamides is 1. The Hall–Kier alpha value is -6.53. The molecule has 0 spiro atoms. The Morgan fingerprint density at radius 1 is 0.667 bits per heavy atom. The standard InChI is InChI=1S/C27H31FN4O3S.C15H11FN2O.C12H20N2O2S/c1-2-32(19-20-8-4-3-5-9-20)16-7-17-36(34,35)31-27(33)30-26-23-11-6-10-22(23)25(28)18-24(26)21-12-14-29-15-13-21;16-14-8-13(10-4-6-17-7-5-10)15(18-9-19)12-3-1-2-11(12)14;1-2-14(9-6-10-17(13,15)16)11-12-7-4-3-5-8-12/h3-5,8-9,12-15,18H,2,6-7,10-11,16-17,19H2,1H3,(H2,30,31,33);4-8H,1-3H2;3-5,7-8H,2,6,9-11H2,1H3,(H2,13,15,16). The lowest BCUT2D eigenvalue weighted by molar-refractivity contribution is 0.256. The minimum Gasteiger partial charge on any atom is -0.306 e. The number of amides is 2. The van der Waals surface area contributed by atoms with E-state index in [0.717, 1.165) is 68.7 Å². The molecule has 2 heterocycles. The molecule has 72 heavy (non-hydrogen) atoms. The third kappa shape index (κ3) is 16.2. The van der Waals surface area contributed by atoms with Crippen LogP contribution in [0.15, 0.2) is 127 Å². The average molecular weight is 1020 g/mol. The van der Waals surface area contributed by atoms with E-state index in [9.17, 15) is 35.2 Å². The predicted molar refractivity (Wildman–Crippen MR) is 279 cm³/mol. The quantitative estimate of drug-likeness (QED) is 0.0520. The van der Waals surface area contributed by atoms with Crippen LogP contribution in [0.1, 0.15) is 72.9 Å². The molecule has 0 atom stereocenters. The van der Waals surface area contributed by atoms with Crippen LogP contribution in [-0.4, -0.2) is 86.4 Å². The first-order chi connectivity index (χ1) is 34.7. The molecule has 6 aromatic rings. The summed E-state index contributed by atoms with van der Waals surface area (Å²) in [6.07, 6.45) is 13.3. The third-order valence-electron chi connectivity index (χ3n) is 12.5. The van der Waals surface area contributed by atoms with E-state index in [4.69, 9.17) is 5.14 Å². The second-order valence-corrected chi connectivity index (χ2v) is 21.1. The number of aliphatic imine (C=N–C) groups is 1. The summed E-state index contributed by atoms with van der Waals surface area (Å²) in [4.78, 5) is 39.5. The van der Waals surface area contributed by atoms with E-state index in [2.05, 4.69) is 53.9 Å². The lowest BCUT2D eigenvalue weighted by Gasteiger charge is -2.20. The van der Waals surface area contributed by atoms with Crippen molar-refractivity contribution in [2.75, 3.05) is 43.0 Å². The molecule has 2 amide bonds. The summed E-state index contributed by atoms with van der Waals surface area (Å²) < 4.78 is 77.9. The van der Waals surface area contributed by atoms with Gasteiger partial charge in [-0.3, -0.25) is 19.8 Å². The normalized spacial score (nSPS) is 12.7. The number of nitrogens with zero attached hydrogens (tertiary/aromatic N) is 5. The zero-order valence-electron chi connectivity index (χ0n) is 40.7. The van der Waals surface area contributed by atoms with Gasteiger partial charge in [0.05, 0.1) is 22.9 Å². The van der Waals surface area contributed by atoms with E-state index < -0.39 is 26.1 Å². The van der Waals surface area contributed by atoms with E-state index in [1.807, 2.05) is 55.5 Å². The molecule has 0 saturated carbocycles. The van der Waals surface area contributed by atoms with Crippen molar-refractivity contribution < 1.29 is 35.2 Å². The van der Waals surface area contributed by atoms with Gasteiger partial charge >= 0.3 is 6.03 Å². The highest BCUT2D eigenvalue weighted by Gasteiger charge is 2.26. The number of carbonyl (C=O) groups is 1. The van der Waals surface area contributed by atoms with Gasteiger partial charge in [0.2, 0.25) is 26.1 Å². The molecule has 2 aliphatic carbocycles. The first-order valence-electron chi connectivity index (χ1n) is 24.1. The largest absolute Gasteiger partial charge is 0.332 e. The molecule has 0 aliphatic heterocycles.